The van der Waals surface area contributed by atoms with Crippen molar-refractivity contribution in [2.45, 2.75) is 11.6 Å². The zero-order valence-electron chi connectivity index (χ0n) is 9.46. The Morgan fingerprint density at radius 3 is 3.11 bits per heavy atom. The second kappa shape index (κ2) is 6.07. The number of oxazole rings is 1. The van der Waals surface area contributed by atoms with Gasteiger partial charge in [0.15, 0.2) is 5.58 Å². The van der Waals surface area contributed by atoms with Crippen molar-refractivity contribution in [1.82, 2.24) is 4.98 Å². The summed E-state index contributed by atoms with van der Waals surface area (Å²) in [6, 6.07) is 9.29. The monoisotopic (exact) mass is 262 g/mol. The van der Waals surface area contributed by atoms with Crippen LogP contribution < -0.4 is 0 Å². The van der Waals surface area contributed by atoms with Gasteiger partial charge in [0, 0.05) is 0 Å². The third kappa shape index (κ3) is 3.25. The maximum atomic E-state index is 11.3. The molecule has 0 fully saturated rings. The van der Waals surface area contributed by atoms with Gasteiger partial charge in [-0.05, 0) is 12.1 Å². The SMILES string of the molecule is N#CCCOC(=O)CSc1nc2ccccc2o1. The molecule has 1 aromatic carbocycles. The molecule has 1 heterocycles. The summed E-state index contributed by atoms with van der Waals surface area (Å²) < 4.78 is 10.3. The number of para-hydroxylation sites is 2. The van der Waals surface area contributed by atoms with Gasteiger partial charge in [0.05, 0.1) is 12.5 Å². The third-order valence-electron chi connectivity index (χ3n) is 2.06. The number of benzene rings is 1. The van der Waals surface area contributed by atoms with E-state index in [1.165, 1.54) is 11.8 Å². The van der Waals surface area contributed by atoms with Crippen molar-refractivity contribution < 1.29 is 13.9 Å². The van der Waals surface area contributed by atoms with E-state index in [1.54, 1.807) is 0 Å². The third-order valence-corrected chi connectivity index (χ3v) is 2.87. The fraction of sp³-hybridized carbons (Fsp3) is 0.250. The summed E-state index contributed by atoms with van der Waals surface area (Å²) in [6.45, 7) is 0.128. The Hall–Kier alpha value is -2.00. The molecule has 0 aliphatic rings. The molecule has 0 radical (unpaired) electrons. The molecule has 18 heavy (non-hydrogen) atoms. The maximum absolute atomic E-state index is 11.3. The summed E-state index contributed by atoms with van der Waals surface area (Å²) in [5, 5.41) is 8.73. The predicted molar refractivity (Wildman–Crippen MR) is 65.9 cm³/mol. The molecule has 6 heteroatoms. The maximum Gasteiger partial charge on any atom is 0.316 e. The second-order valence-electron chi connectivity index (χ2n) is 3.36. The van der Waals surface area contributed by atoms with Crippen LogP contribution in [0.2, 0.25) is 0 Å². The number of ether oxygens (including phenoxy) is 1. The summed E-state index contributed by atoms with van der Waals surface area (Å²) >= 11 is 1.18. The highest BCUT2D eigenvalue weighted by Gasteiger charge is 2.09. The Kier molecular flexibility index (Phi) is 4.20. The molecule has 2 rings (SSSR count). The highest BCUT2D eigenvalue weighted by atomic mass is 32.2. The average Bonchev–Trinajstić information content (AvgIpc) is 2.79. The lowest BCUT2D eigenvalue weighted by molar-refractivity contribution is -0.140. The average molecular weight is 262 g/mol. The van der Waals surface area contributed by atoms with Crippen LogP contribution in [0.25, 0.3) is 11.1 Å². The first kappa shape index (κ1) is 12.5. The number of fused-ring (bicyclic) bond motifs is 1. The van der Waals surface area contributed by atoms with E-state index in [4.69, 9.17) is 14.4 Å². The van der Waals surface area contributed by atoms with Crippen molar-refractivity contribution in [3.05, 3.63) is 24.3 Å². The van der Waals surface area contributed by atoms with E-state index >= 15 is 0 Å². The smallest absolute Gasteiger partial charge is 0.316 e. The predicted octanol–water partition coefficient (Wildman–Crippen LogP) is 2.38. The Balaban J connectivity index is 1.86. The van der Waals surface area contributed by atoms with E-state index in [1.807, 2.05) is 30.3 Å². The van der Waals surface area contributed by atoms with E-state index in [9.17, 15) is 4.79 Å². The van der Waals surface area contributed by atoms with Crippen LogP contribution in [0.4, 0.5) is 0 Å². The Labute approximate surface area is 108 Å². The molecule has 0 unspecified atom stereocenters. The molecule has 0 spiro atoms. The van der Waals surface area contributed by atoms with Gasteiger partial charge >= 0.3 is 5.97 Å². The largest absolute Gasteiger partial charge is 0.464 e. The van der Waals surface area contributed by atoms with E-state index in [0.717, 1.165) is 5.52 Å². The van der Waals surface area contributed by atoms with Crippen molar-refractivity contribution >= 4 is 28.8 Å². The highest BCUT2D eigenvalue weighted by molar-refractivity contribution is 7.99. The van der Waals surface area contributed by atoms with E-state index in [0.29, 0.717) is 10.8 Å². The Bertz CT molecular complexity index is 555. The van der Waals surface area contributed by atoms with Crippen LogP contribution in [-0.2, 0) is 9.53 Å². The van der Waals surface area contributed by atoms with Crippen LogP contribution in [0.1, 0.15) is 6.42 Å². The minimum absolute atomic E-state index is 0.123. The van der Waals surface area contributed by atoms with Crippen LogP contribution in [-0.4, -0.2) is 23.3 Å². The first-order valence-corrected chi connectivity index (χ1v) is 6.29. The molecule has 0 aliphatic heterocycles. The second-order valence-corrected chi connectivity index (χ2v) is 4.29. The van der Waals surface area contributed by atoms with Crippen LogP contribution in [0.3, 0.4) is 0 Å². The molecule has 0 atom stereocenters. The van der Waals surface area contributed by atoms with E-state index in [2.05, 4.69) is 4.98 Å². The summed E-state index contributed by atoms with van der Waals surface area (Å²) in [4.78, 5) is 15.5. The summed E-state index contributed by atoms with van der Waals surface area (Å²) in [7, 11) is 0. The van der Waals surface area contributed by atoms with Gasteiger partial charge in [-0.3, -0.25) is 4.79 Å². The number of nitrogens with zero attached hydrogens (tertiary/aromatic N) is 2. The molecule has 92 valence electrons. The minimum Gasteiger partial charge on any atom is -0.464 e. The van der Waals surface area contributed by atoms with Gasteiger partial charge in [-0.1, -0.05) is 23.9 Å². The summed E-state index contributed by atoms with van der Waals surface area (Å²) in [6.07, 6.45) is 0.208. The number of carbonyl (C=O) groups excluding carboxylic acids is 1. The van der Waals surface area contributed by atoms with Crippen molar-refractivity contribution in [2.24, 2.45) is 0 Å². The van der Waals surface area contributed by atoms with Gasteiger partial charge in [0.25, 0.3) is 5.22 Å². The lowest BCUT2D eigenvalue weighted by atomic mass is 10.3. The van der Waals surface area contributed by atoms with Gasteiger partial charge in [-0.25, -0.2) is 4.98 Å². The normalized spacial score (nSPS) is 10.2. The Morgan fingerprint density at radius 2 is 2.33 bits per heavy atom. The first-order chi connectivity index (χ1) is 8.79. The quantitative estimate of drug-likeness (QED) is 0.468. The number of hydrogen-bond acceptors (Lipinski definition) is 6. The van der Waals surface area contributed by atoms with Crippen molar-refractivity contribution in [1.29, 1.82) is 5.26 Å². The number of nitriles is 1. The van der Waals surface area contributed by atoms with E-state index in [-0.39, 0.29) is 24.7 Å². The zero-order chi connectivity index (χ0) is 12.8. The Morgan fingerprint density at radius 1 is 1.50 bits per heavy atom. The van der Waals surface area contributed by atoms with Gasteiger partial charge in [-0.15, -0.1) is 0 Å². The number of hydrogen-bond donors (Lipinski definition) is 0. The molecule has 0 saturated heterocycles. The standard InChI is InChI=1S/C12H10N2O3S/c13-6-3-7-16-11(15)8-18-12-14-9-4-1-2-5-10(9)17-12/h1-2,4-5H,3,7-8H2. The minimum atomic E-state index is -0.377. The first-order valence-electron chi connectivity index (χ1n) is 5.30. The molecule has 2 aromatic rings. The van der Waals surface area contributed by atoms with Crippen molar-refractivity contribution in [3.63, 3.8) is 0 Å². The molecule has 0 amide bonds. The number of rotatable bonds is 5. The molecule has 0 bridgehead atoms. The van der Waals surface area contributed by atoms with Gasteiger partial charge in [0.2, 0.25) is 0 Å². The molecular formula is C12H10N2O3S. The van der Waals surface area contributed by atoms with Crippen LogP contribution in [0.15, 0.2) is 33.9 Å². The summed E-state index contributed by atoms with van der Waals surface area (Å²) in [5.74, 6) is -0.254. The van der Waals surface area contributed by atoms with Gasteiger partial charge in [-0.2, -0.15) is 5.26 Å². The van der Waals surface area contributed by atoms with Crippen molar-refractivity contribution in [3.8, 4) is 6.07 Å². The fourth-order valence-electron chi connectivity index (χ4n) is 1.29. The fourth-order valence-corrected chi connectivity index (χ4v) is 1.92. The number of esters is 1. The van der Waals surface area contributed by atoms with Crippen LogP contribution >= 0.6 is 11.8 Å². The molecule has 0 N–H and O–H groups in total. The molecule has 0 saturated carbocycles. The molecular weight excluding hydrogens is 252 g/mol. The lowest BCUT2D eigenvalue weighted by Crippen LogP contribution is -2.07. The van der Waals surface area contributed by atoms with Gasteiger partial charge in [0.1, 0.15) is 17.9 Å². The lowest BCUT2D eigenvalue weighted by Gasteiger charge is -1.99. The zero-order valence-corrected chi connectivity index (χ0v) is 10.3. The van der Waals surface area contributed by atoms with Crippen molar-refractivity contribution in [2.75, 3.05) is 12.4 Å². The highest BCUT2D eigenvalue weighted by Crippen LogP contribution is 2.22. The molecule has 0 aliphatic carbocycles. The molecule has 5 nitrogen and oxygen atoms in total. The molecule has 1 aromatic heterocycles. The van der Waals surface area contributed by atoms with Crippen LogP contribution in [0.5, 0.6) is 0 Å². The number of thioether (sulfide) groups is 1. The summed E-state index contributed by atoms with van der Waals surface area (Å²) in [5.41, 5.74) is 1.45. The number of aromatic nitrogens is 1. The number of carbonyl (C=O) groups is 1. The van der Waals surface area contributed by atoms with Crippen LogP contribution in [0, 0.1) is 11.3 Å². The topological polar surface area (TPSA) is 76.1 Å². The van der Waals surface area contributed by atoms with Gasteiger partial charge < -0.3 is 9.15 Å². The van der Waals surface area contributed by atoms with E-state index < -0.39 is 0 Å².